The maximum absolute atomic E-state index is 12.0. The topological polar surface area (TPSA) is 52.6 Å². The molecule has 4 nitrogen and oxygen atoms in total. The highest BCUT2D eigenvalue weighted by Crippen LogP contribution is 2.27. The average molecular weight is 292 g/mol. The van der Waals surface area contributed by atoms with Crippen LogP contribution in [0.15, 0.2) is 40.3 Å². The largest absolute Gasteiger partial charge is 0.497 e. The van der Waals surface area contributed by atoms with E-state index in [1.165, 1.54) is 0 Å². The normalized spacial score (nSPS) is 15.0. The molecule has 1 aromatic rings. The minimum atomic E-state index is -0.363. The summed E-state index contributed by atoms with van der Waals surface area (Å²) >= 11 is 1.12. The van der Waals surface area contributed by atoms with Crippen molar-refractivity contribution in [2.45, 2.75) is 24.7 Å². The zero-order valence-corrected chi connectivity index (χ0v) is 12.3. The van der Waals surface area contributed by atoms with Crippen molar-refractivity contribution in [2.24, 2.45) is 0 Å². The third kappa shape index (κ3) is 3.63. The van der Waals surface area contributed by atoms with Gasteiger partial charge >= 0.3 is 5.97 Å². The van der Waals surface area contributed by atoms with Crippen molar-refractivity contribution in [1.29, 1.82) is 0 Å². The molecule has 0 N–H and O–H groups in total. The van der Waals surface area contributed by atoms with E-state index in [9.17, 15) is 9.59 Å². The number of methoxy groups -OCH3 is 1. The van der Waals surface area contributed by atoms with Gasteiger partial charge in [0.25, 0.3) is 0 Å². The third-order valence-corrected chi connectivity index (χ3v) is 3.96. The highest BCUT2D eigenvalue weighted by molar-refractivity contribution is 8.13. The molecule has 1 heterocycles. The molecule has 0 saturated heterocycles. The van der Waals surface area contributed by atoms with Gasteiger partial charge in [0, 0.05) is 23.3 Å². The van der Waals surface area contributed by atoms with Crippen LogP contribution >= 0.6 is 11.8 Å². The first-order chi connectivity index (χ1) is 9.60. The number of rotatable bonds is 4. The highest BCUT2D eigenvalue weighted by atomic mass is 32.2. The zero-order chi connectivity index (χ0) is 14.5. The molecule has 1 aliphatic heterocycles. The van der Waals surface area contributed by atoms with Crippen LogP contribution in [0.4, 0.5) is 0 Å². The second-order valence-electron chi connectivity index (χ2n) is 4.47. The molecule has 0 fully saturated rings. The van der Waals surface area contributed by atoms with Crippen molar-refractivity contribution >= 4 is 22.8 Å². The minimum absolute atomic E-state index is 0.0663. The summed E-state index contributed by atoms with van der Waals surface area (Å²) in [5, 5.41) is -0.0663. The number of esters is 1. The van der Waals surface area contributed by atoms with Gasteiger partial charge in [-0.05, 0) is 31.2 Å². The second-order valence-corrected chi connectivity index (χ2v) is 5.60. The molecular weight excluding hydrogens is 276 g/mol. The molecule has 106 valence electrons. The van der Waals surface area contributed by atoms with E-state index < -0.39 is 0 Å². The minimum Gasteiger partial charge on any atom is -0.497 e. The van der Waals surface area contributed by atoms with Gasteiger partial charge in [0.15, 0.2) is 5.12 Å². The molecule has 0 saturated carbocycles. The van der Waals surface area contributed by atoms with Gasteiger partial charge in [-0.15, -0.1) is 0 Å². The van der Waals surface area contributed by atoms with Gasteiger partial charge in [0.2, 0.25) is 0 Å². The van der Waals surface area contributed by atoms with Crippen LogP contribution < -0.4 is 4.74 Å². The van der Waals surface area contributed by atoms with Crippen LogP contribution in [0.25, 0.3) is 0 Å². The van der Waals surface area contributed by atoms with Crippen LogP contribution in [0.5, 0.6) is 5.75 Å². The van der Waals surface area contributed by atoms with Crippen molar-refractivity contribution in [3.8, 4) is 5.75 Å². The Morgan fingerprint density at radius 2 is 2.05 bits per heavy atom. The van der Waals surface area contributed by atoms with Crippen LogP contribution in [-0.2, 0) is 14.3 Å². The molecule has 0 aliphatic carbocycles. The van der Waals surface area contributed by atoms with E-state index in [4.69, 9.17) is 9.47 Å². The fraction of sp³-hybridized carbons (Fsp3) is 0.333. The lowest BCUT2D eigenvalue weighted by atomic mass is 10.0. The summed E-state index contributed by atoms with van der Waals surface area (Å²) in [6.07, 6.45) is 0.822. The summed E-state index contributed by atoms with van der Waals surface area (Å²) in [4.78, 5) is 24.5. The summed E-state index contributed by atoms with van der Waals surface area (Å²) in [6.45, 7) is 2.29. The number of carbonyl (C=O) groups is 2. The predicted molar refractivity (Wildman–Crippen MR) is 76.8 cm³/mol. The summed E-state index contributed by atoms with van der Waals surface area (Å²) in [7, 11) is 1.59. The maximum Gasteiger partial charge on any atom is 0.334 e. The fourth-order valence-electron chi connectivity index (χ4n) is 1.89. The van der Waals surface area contributed by atoms with E-state index in [2.05, 4.69) is 0 Å². The third-order valence-electron chi connectivity index (χ3n) is 3.08. The number of hydrogen-bond acceptors (Lipinski definition) is 5. The molecule has 1 aliphatic rings. The van der Waals surface area contributed by atoms with Crippen molar-refractivity contribution < 1.29 is 19.1 Å². The van der Waals surface area contributed by atoms with E-state index >= 15 is 0 Å². The SMILES string of the molecule is COc1ccc(SC(=O)CC2=C(C)CCOC2=O)cc1. The van der Waals surface area contributed by atoms with Crippen LogP contribution in [0, 0.1) is 0 Å². The summed E-state index contributed by atoms with van der Waals surface area (Å²) in [5.41, 5.74) is 1.45. The van der Waals surface area contributed by atoms with E-state index in [1.54, 1.807) is 19.2 Å². The number of benzene rings is 1. The maximum atomic E-state index is 12.0. The van der Waals surface area contributed by atoms with Crippen molar-refractivity contribution in [3.05, 3.63) is 35.4 Å². The fourth-order valence-corrected chi connectivity index (χ4v) is 2.64. The van der Waals surface area contributed by atoms with Gasteiger partial charge in [-0.2, -0.15) is 0 Å². The summed E-state index contributed by atoms with van der Waals surface area (Å²) < 4.78 is 10.0. The summed E-state index contributed by atoms with van der Waals surface area (Å²) in [5.74, 6) is 0.383. The first kappa shape index (κ1) is 14.7. The predicted octanol–water partition coefficient (Wildman–Crippen LogP) is 2.97. The number of thioether (sulfide) groups is 1. The lowest BCUT2D eigenvalue weighted by Gasteiger charge is -2.16. The van der Waals surface area contributed by atoms with Gasteiger partial charge in [0.1, 0.15) is 5.75 Å². The van der Waals surface area contributed by atoms with Gasteiger partial charge in [-0.1, -0.05) is 17.3 Å². The summed E-state index contributed by atoms with van der Waals surface area (Å²) in [6, 6.07) is 7.24. The van der Waals surface area contributed by atoms with Crippen molar-refractivity contribution in [1.82, 2.24) is 0 Å². The monoisotopic (exact) mass is 292 g/mol. The van der Waals surface area contributed by atoms with Crippen LogP contribution in [0.3, 0.4) is 0 Å². The number of ether oxygens (including phenoxy) is 2. The number of hydrogen-bond donors (Lipinski definition) is 0. The molecule has 20 heavy (non-hydrogen) atoms. The molecule has 0 radical (unpaired) electrons. The average Bonchev–Trinajstić information content (AvgIpc) is 2.44. The molecule has 2 rings (SSSR count). The zero-order valence-electron chi connectivity index (χ0n) is 11.5. The van der Waals surface area contributed by atoms with Gasteiger partial charge in [-0.3, -0.25) is 4.79 Å². The molecule has 5 heteroatoms. The van der Waals surface area contributed by atoms with E-state index in [0.717, 1.165) is 28.0 Å². The molecule has 0 unspecified atom stereocenters. The lowest BCUT2D eigenvalue weighted by molar-refractivity contribution is -0.140. The highest BCUT2D eigenvalue weighted by Gasteiger charge is 2.22. The van der Waals surface area contributed by atoms with Crippen LogP contribution in [0.2, 0.25) is 0 Å². The Morgan fingerprint density at radius 3 is 2.65 bits per heavy atom. The Labute approximate surface area is 122 Å². The standard InChI is InChI=1S/C15H16O4S/c1-10-7-8-19-15(17)13(10)9-14(16)20-12-5-3-11(18-2)4-6-12/h3-6H,7-9H2,1-2H3. The Morgan fingerprint density at radius 1 is 1.35 bits per heavy atom. The van der Waals surface area contributed by atoms with Crippen LogP contribution in [-0.4, -0.2) is 24.8 Å². The first-order valence-electron chi connectivity index (χ1n) is 6.30. The van der Waals surface area contributed by atoms with Gasteiger partial charge in [0.05, 0.1) is 13.7 Å². The quantitative estimate of drug-likeness (QED) is 0.631. The smallest absolute Gasteiger partial charge is 0.334 e. The van der Waals surface area contributed by atoms with Crippen molar-refractivity contribution in [3.63, 3.8) is 0 Å². The van der Waals surface area contributed by atoms with E-state index in [1.807, 2.05) is 19.1 Å². The Hall–Kier alpha value is -1.75. The number of carbonyl (C=O) groups excluding carboxylic acids is 2. The Bertz CT molecular complexity index is 545. The molecule has 0 atom stereocenters. The molecular formula is C15H16O4S. The van der Waals surface area contributed by atoms with Gasteiger partial charge in [-0.25, -0.2) is 4.79 Å². The molecule has 0 amide bonds. The Balaban J connectivity index is 1.99. The van der Waals surface area contributed by atoms with Crippen LogP contribution in [0.1, 0.15) is 19.8 Å². The molecule has 0 spiro atoms. The second kappa shape index (κ2) is 6.61. The van der Waals surface area contributed by atoms with E-state index in [0.29, 0.717) is 18.6 Å². The molecule has 0 bridgehead atoms. The molecule has 0 aromatic heterocycles. The molecule has 1 aromatic carbocycles. The Kier molecular flexibility index (Phi) is 4.84. The first-order valence-corrected chi connectivity index (χ1v) is 7.12. The lowest BCUT2D eigenvalue weighted by Crippen LogP contribution is -2.18. The van der Waals surface area contributed by atoms with Crippen molar-refractivity contribution in [2.75, 3.05) is 13.7 Å². The van der Waals surface area contributed by atoms with Gasteiger partial charge < -0.3 is 9.47 Å². The number of cyclic esters (lactones) is 1. The van der Waals surface area contributed by atoms with E-state index in [-0.39, 0.29) is 17.5 Å².